The number of benzene rings is 2. The zero-order valence-corrected chi connectivity index (χ0v) is 16.5. The number of fused-ring (bicyclic) bond motifs is 1. The molecule has 30 heavy (non-hydrogen) atoms. The Morgan fingerprint density at radius 3 is 2.57 bits per heavy atom. The van der Waals surface area contributed by atoms with Gasteiger partial charge in [-0.25, -0.2) is 4.79 Å². The number of alkyl halides is 3. The largest absolute Gasteiger partial charge is 0.573 e. The molecular formula is C22H22F3NO4. The van der Waals surface area contributed by atoms with Crippen LogP contribution in [0, 0.1) is 6.92 Å². The fraction of sp³-hybridized carbons (Fsp3) is 0.318. The molecule has 1 heterocycles. The van der Waals surface area contributed by atoms with Gasteiger partial charge in [-0.15, -0.1) is 13.2 Å². The van der Waals surface area contributed by atoms with Gasteiger partial charge in [0.05, 0.1) is 0 Å². The minimum absolute atomic E-state index is 0.230. The monoisotopic (exact) mass is 421 g/mol. The van der Waals surface area contributed by atoms with Crippen LogP contribution in [0.1, 0.15) is 29.3 Å². The number of hydrogen-bond donors (Lipinski definition) is 2. The Morgan fingerprint density at radius 1 is 1.17 bits per heavy atom. The number of hydrogen-bond acceptors (Lipinski definition) is 3. The number of carboxylic acid groups (broad SMARTS) is 1. The Hall–Kier alpha value is -3.00. The molecule has 0 aliphatic heterocycles. The second-order valence-electron chi connectivity index (χ2n) is 6.97. The van der Waals surface area contributed by atoms with Gasteiger partial charge in [0.25, 0.3) is 0 Å². The van der Waals surface area contributed by atoms with Crippen LogP contribution in [0.4, 0.5) is 13.2 Å². The number of nitrogens with one attached hydrogen (secondary N) is 1. The van der Waals surface area contributed by atoms with E-state index in [1.165, 1.54) is 12.1 Å². The van der Waals surface area contributed by atoms with E-state index in [1.54, 1.807) is 13.0 Å². The van der Waals surface area contributed by atoms with Crippen LogP contribution in [0.3, 0.4) is 0 Å². The first kappa shape index (κ1) is 21.7. The third-order valence-electron chi connectivity index (χ3n) is 4.76. The molecule has 1 unspecified atom stereocenters. The van der Waals surface area contributed by atoms with E-state index in [4.69, 9.17) is 4.74 Å². The van der Waals surface area contributed by atoms with Crippen molar-refractivity contribution in [2.24, 2.45) is 0 Å². The van der Waals surface area contributed by atoms with Gasteiger partial charge in [0, 0.05) is 29.6 Å². The molecule has 0 saturated carbocycles. The normalized spacial score (nSPS) is 12.8. The van der Waals surface area contributed by atoms with Gasteiger partial charge in [-0.2, -0.15) is 0 Å². The average Bonchev–Trinajstić information content (AvgIpc) is 2.95. The summed E-state index contributed by atoms with van der Waals surface area (Å²) < 4.78 is 47.0. The summed E-state index contributed by atoms with van der Waals surface area (Å²) in [5.41, 5.74) is 4.15. The first-order chi connectivity index (χ1) is 14.2. The molecular weight excluding hydrogens is 399 g/mol. The fourth-order valence-electron chi connectivity index (χ4n) is 3.49. The highest BCUT2D eigenvalue weighted by Crippen LogP contribution is 2.31. The maximum atomic E-state index is 12.6. The van der Waals surface area contributed by atoms with Crippen LogP contribution in [0.25, 0.3) is 10.9 Å². The van der Waals surface area contributed by atoms with E-state index in [0.29, 0.717) is 18.4 Å². The van der Waals surface area contributed by atoms with Gasteiger partial charge >= 0.3 is 12.3 Å². The maximum Gasteiger partial charge on any atom is 0.573 e. The van der Waals surface area contributed by atoms with Gasteiger partial charge in [-0.1, -0.05) is 24.3 Å². The van der Waals surface area contributed by atoms with Crippen LogP contribution >= 0.6 is 0 Å². The molecule has 2 aromatic carbocycles. The van der Waals surface area contributed by atoms with Crippen molar-refractivity contribution in [2.45, 2.75) is 39.2 Å². The summed E-state index contributed by atoms with van der Waals surface area (Å²) in [5.74, 6) is -1.29. The molecule has 0 saturated heterocycles. The summed E-state index contributed by atoms with van der Waals surface area (Å²) in [6.45, 7) is 3.90. The van der Waals surface area contributed by atoms with Crippen molar-refractivity contribution in [3.05, 3.63) is 64.8 Å². The van der Waals surface area contributed by atoms with Crippen molar-refractivity contribution < 1.29 is 32.5 Å². The second kappa shape index (κ2) is 8.79. The van der Waals surface area contributed by atoms with Gasteiger partial charge in [0.15, 0.2) is 6.10 Å². The fourth-order valence-corrected chi connectivity index (χ4v) is 3.49. The zero-order chi connectivity index (χ0) is 21.9. The van der Waals surface area contributed by atoms with Crippen LogP contribution in [0.15, 0.2) is 42.5 Å². The Morgan fingerprint density at radius 2 is 1.90 bits per heavy atom. The minimum atomic E-state index is -4.76. The van der Waals surface area contributed by atoms with Crippen molar-refractivity contribution in [2.75, 3.05) is 6.61 Å². The van der Waals surface area contributed by atoms with Crippen molar-refractivity contribution in [1.29, 1.82) is 0 Å². The maximum absolute atomic E-state index is 12.6. The van der Waals surface area contributed by atoms with Gasteiger partial charge < -0.3 is 19.6 Å². The molecule has 1 aromatic heterocycles. The molecule has 2 N–H and O–H groups in total. The number of H-pyrrole nitrogens is 1. The molecule has 3 aromatic rings. The molecule has 160 valence electrons. The van der Waals surface area contributed by atoms with Crippen LogP contribution < -0.4 is 4.74 Å². The Balaban J connectivity index is 1.88. The Labute approximate surface area is 171 Å². The summed E-state index contributed by atoms with van der Waals surface area (Å²) in [5, 5.41) is 9.93. The molecule has 0 aliphatic carbocycles. The summed E-state index contributed by atoms with van der Waals surface area (Å²) in [6, 6.07) is 11.7. The molecule has 5 nitrogen and oxygen atoms in total. The summed E-state index contributed by atoms with van der Waals surface area (Å²) >= 11 is 0. The number of ether oxygens (including phenoxy) is 2. The van der Waals surface area contributed by atoms with Gasteiger partial charge in [0.2, 0.25) is 0 Å². The molecule has 0 spiro atoms. The van der Waals surface area contributed by atoms with E-state index in [2.05, 4.69) is 9.72 Å². The molecule has 1 atom stereocenters. The highest BCUT2D eigenvalue weighted by atomic mass is 19.4. The summed E-state index contributed by atoms with van der Waals surface area (Å²) in [6.07, 6.45) is -4.98. The quantitative estimate of drug-likeness (QED) is 0.537. The smallest absolute Gasteiger partial charge is 0.479 e. The zero-order valence-electron chi connectivity index (χ0n) is 16.5. The minimum Gasteiger partial charge on any atom is -0.479 e. The lowest BCUT2D eigenvalue weighted by Gasteiger charge is -2.13. The number of carboxylic acids is 1. The molecule has 0 radical (unpaired) electrons. The first-order valence-corrected chi connectivity index (χ1v) is 9.45. The lowest BCUT2D eigenvalue weighted by molar-refractivity contribution is -0.274. The predicted octanol–water partition coefficient (Wildman–Crippen LogP) is 5.00. The second-order valence-corrected chi connectivity index (χ2v) is 6.97. The van der Waals surface area contributed by atoms with Crippen LogP contribution in [-0.4, -0.2) is 35.1 Å². The third kappa shape index (κ3) is 5.33. The molecule has 8 heteroatoms. The number of aromatic amines is 1. The summed E-state index contributed by atoms with van der Waals surface area (Å²) in [7, 11) is 0. The highest BCUT2D eigenvalue weighted by Gasteiger charge is 2.31. The van der Waals surface area contributed by atoms with Crippen molar-refractivity contribution in [3.63, 3.8) is 0 Å². The topological polar surface area (TPSA) is 71.5 Å². The van der Waals surface area contributed by atoms with E-state index < -0.39 is 18.4 Å². The Kier molecular flexibility index (Phi) is 6.36. The van der Waals surface area contributed by atoms with E-state index in [-0.39, 0.29) is 12.2 Å². The number of aryl methyl sites for hydroxylation is 1. The predicted molar refractivity (Wildman–Crippen MR) is 106 cm³/mol. The first-order valence-electron chi connectivity index (χ1n) is 9.45. The average molecular weight is 421 g/mol. The third-order valence-corrected chi connectivity index (χ3v) is 4.76. The van der Waals surface area contributed by atoms with Crippen LogP contribution in [-0.2, 0) is 22.4 Å². The van der Waals surface area contributed by atoms with E-state index >= 15 is 0 Å². The molecule has 0 bridgehead atoms. The van der Waals surface area contributed by atoms with Crippen LogP contribution in [0.2, 0.25) is 0 Å². The van der Waals surface area contributed by atoms with E-state index in [9.17, 15) is 23.1 Å². The van der Waals surface area contributed by atoms with E-state index in [0.717, 1.165) is 27.9 Å². The standard InChI is InChI=1S/C22H22F3NO4/c1-3-29-20(21(27)28)11-15-6-4-5-14(9-15)10-17-13(2)26-19-8-7-16(12-18(17)19)30-22(23,24)25/h4-9,12,20,26H,3,10-11H2,1-2H3,(H,27,28). The highest BCUT2D eigenvalue weighted by molar-refractivity contribution is 5.86. The number of aliphatic carboxylic acids is 1. The van der Waals surface area contributed by atoms with Crippen molar-refractivity contribution >= 4 is 16.9 Å². The number of carbonyl (C=O) groups is 1. The lowest BCUT2D eigenvalue weighted by atomic mass is 9.98. The van der Waals surface area contributed by atoms with Crippen molar-refractivity contribution in [3.8, 4) is 5.75 Å². The number of halogens is 3. The SMILES string of the molecule is CCOC(Cc1cccc(Cc2c(C)[nH]c3ccc(OC(F)(F)F)cc23)c1)C(=O)O. The molecule has 0 amide bonds. The number of rotatable bonds is 8. The molecule has 3 rings (SSSR count). The van der Waals surface area contributed by atoms with Crippen molar-refractivity contribution in [1.82, 2.24) is 4.98 Å². The van der Waals surface area contributed by atoms with E-state index in [1.807, 2.05) is 31.2 Å². The Bertz CT molecular complexity index is 1040. The van der Waals surface area contributed by atoms with Gasteiger partial charge in [-0.3, -0.25) is 0 Å². The lowest BCUT2D eigenvalue weighted by Crippen LogP contribution is -2.26. The number of aromatic nitrogens is 1. The molecule has 0 fully saturated rings. The van der Waals surface area contributed by atoms with Crippen LogP contribution in [0.5, 0.6) is 5.75 Å². The van der Waals surface area contributed by atoms with Gasteiger partial charge in [0.1, 0.15) is 5.75 Å². The molecule has 0 aliphatic rings. The summed E-state index contributed by atoms with van der Waals surface area (Å²) in [4.78, 5) is 14.5. The van der Waals surface area contributed by atoms with Gasteiger partial charge in [-0.05, 0) is 55.2 Å².